The number of hydrogen-bond acceptors (Lipinski definition) is 3. The molecule has 1 aliphatic rings. The highest BCUT2D eigenvalue weighted by Gasteiger charge is 2.26. The second-order valence-corrected chi connectivity index (χ2v) is 4.80. The molecule has 104 valence electrons. The van der Waals surface area contributed by atoms with Crippen molar-refractivity contribution >= 4 is 11.6 Å². The van der Waals surface area contributed by atoms with Crippen LogP contribution in [-0.2, 0) is 16.0 Å². The van der Waals surface area contributed by atoms with Gasteiger partial charge in [0.15, 0.2) is 0 Å². The highest BCUT2D eigenvalue weighted by Crippen LogP contribution is 2.24. The number of benzene rings is 1. The number of hydrogen-bond donors (Lipinski definition) is 1. The van der Waals surface area contributed by atoms with Crippen LogP contribution in [0.1, 0.15) is 18.9 Å². The van der Waals surface area contributed by atoms with Gasteiger partial charge in [-0.3, -0.25) is 4.79 Å². The van der Waals surface area contributed by atoms with E-state index < -0.39 is 0 Å². The second kappa shape index (κ2) is 6.57. The van der Waals surface area contributed by atoms with Crippen LogP contribution in [0.2, 0.25) is 0 Å². The van der Waals surface area contributed by atoms with Crippen molar-refractivity contribution in [1.29, 1.82) is 0 Å². The van der Waals surface area contributed by atoms with Crippen LogP contribution in [0.5, 0.6) is 0 Å². The predicted molar refractivity (Wildman–Crippen MR) is 76.3 cm³/mol. The number of amides is 1. The van der Waals surface area contributed by atoms with E-state index in [4.69, 9.17) is 4.74 Å². The summed E-state index contributed by atoms with van der Waals surface area (Å²) in [6.07, 6.45) is 1.82. The smallest absolute Gasteiger partial charge is 0.245 e. The molecule has 19 heavy (non-hydrogen) atoms. The van der Waals surface area contributed by atoms with Gasteiger partial charge in [-0.1, -0.05) is 18.2 Å². The van der Waals surface area contributed by atoms with Crippen molar-refractivity contribution in [2.75, 3.05) is 32.1 Å². The van der Waals surface area contributed by atoms with E-state index in [0.717, 1.165) is 25.1 Å². The molecule has 4 heteroatoms. The molecule has 1 atom stereocenters. The molecule has 0 saturated heterocycles. The lowest BCUT2D eigenvalue weighted by atomic mass is 9.97. The van der Waals surface area contributed by atoms with Gasteiger partial charge in [0, 0.05) is 25.9 Å². The van der Waals surface area contributed by atoms with Crippen molar-refractivity contribution in [3.63, 3.8) is 0 Å². The van der Waals surface area contributed by atoms with Crippen molar-refractivity contribution in [2.24, 2.45) is 0 Å². The van der Waals surface area contributed by atoms with Crippen LogP contribution < -0.4 is 5.32 Å². The number of likely N-dealkylation sites (N-methyl/N-ethyl adjacent to an activating group) is 1. The molecular formula is C15H22N2O2. The number of nitrogens with one attached hydrogen (secondary N) is 1. The van der Waals surface area contributed by atoms with E-state index in [9.17, 15) is 4.79 Å². The molecule has 0 bridgehead atoms. The molecule has 1 unspecified atom stereocenters. The van der Waals surface area contributed by atoms with Crippen LogP contribution in [0.4, 0.5) is 5.69 Å². The summed E-state index contributed by atoms with van der Waals surface area (Å²) in [7, 11) is 1.66. The lowest BCUT2D eigenvalue weighted by Crippen LogP contribution is -2.45. The molecule has 1 N–H and O–H groups in total. The fourth-order valence-corrected chi connectivity index (χ4v) is 2.47. The summed E-state index contributed by atoms with van der Waals surface area (Å²) in [5, 5.41) is 3.36. The molecule has 2 rings (SSSR count). The van der Waals surface area contributed by atoms with Gasteiger partial charge in [0.2, 0.25) is 5.91 Å². The third-order valence-corrected chi connectivity index (χ3v) is 3.61. The van der Waals surface area contributed by atoms with E-state index in [0.29, 0.717) is 13.2 Å². The molecule has 1 aromatic carbocycles. The summed E-state index contributed by atoms with van der Waals surface area (Å²) in [6, 6.07) is 8.10. The summed E-state index contributed by atoms with van der Waals surface area (Å²) in [4.78, 5) is 14.3. The number of carbonyl (C=O) groups is 1. The fraction of sp³-hybridized carbons (Fsp3) is 0.533. The van der Waals surface area contributed by atoms with Gasteiger partial charge in [0.1, 0.15) is 6.04 Å². The summed E-state index contributed by atoms with van der Waals surface area (Å²) in [5.74, 6) is 0.175. The van der Waals surface area contributed by atoms with E-state index in [1.165, 1.54) is 5.56 Å². The van der Waals surface area contributed by atoms with Crippen LogP contribution >= 0.6 is 0 Å². The molecule has 0 radical (unpaired) electrons. The molecule has 0 spiro atoms. The minimum atomic E-state index is -0.105. The number of anilines is 1. The first-order valence-electron chi connectivity index (χ1n) is 6.88. The Kier molecular flexibility index (Phi) is 4.80. The van der Waals surface area contributed by atoms with Gasteiger partial charge in [-0.05, 0) is 31.4 Å². The number of ether oxygens (including phenoxy) is 1. The van der Waals surface area contributed by atoms with Crippen molar-refractivity contribution in [2.45, 2.75) is 25.8 Å². The van der Waals surface area contributed by atoms with Gasteiger partial charge in [-0.25, -0.2) is 0 Å². The highest BCUT2D eigenvalue weighted by atomic mass is 16.5. The Morgan fingerprint density at radius 1 is 1.47 bits per heavy atom. The minimum absolute atomic E-state index is 0.105. The molecular weight excluding hydrogens is 240 g/mol. The quantitative estimate of drug-likeness (QED) is 0.881. The number of carbonyl (C=O) groups excluding carboxylic acids is 1. The number of rotatable bonds is 5. The Morgan fingerprint density at radius 2 is 2.26 bits per heavy atom. The normalized spacial score (nSPS) is 17.5. The average Bonchev–Trinajstić information content (AvgIpc) is 2.47. The second-order valence-electron chi connectivity index (χ2n) is 4.80. The zero-order valence-electron chi connectivity index (χ0n) is 11.7. The first kappa shape index (κ1) is 13.9. The van der Waals surface area contributed by atoms with Gasteiger partial charge >= 0.3 is 0 Å². The largest absolute Gasteiger partial charge is 0.383 e. The standard InChI is InChI=1S/C15H22N2O2/c1-3-17(10-11-19-2)15(18)14-9-8-12-6-4-5-7-13(12)16-14/h4-7,14,16H,3,8-11H2,1-2H3. The Bertz CT molecular complexity index is 434. The molecule has 1 aromatic rings. The maximum atomic E-state index is 12.5. The molecule has 0 fully saturated rings. The summed E-state index contributed by atoms with van der Waals surface area (Å²) in [5.41, 5.74) is 2.39. The topological polar surface area (TPSA) is 41.6 Å². The summed E-state index contributed by atoms with van der Waals surface area (Å²) < 4.78 is 5.05. The maximum Gasteiger partial charge on any atom is 0.245 e. The zero-order chi connectivity index (χ0) is 13.7. The van der Waals surface area contributed by atoms with Crippen LogP contribution in [0, 0.1) is 0 Å². The molecule has 0 saturated carbocycles. The third kappa shape index (κ3) is 3.26. The van der Waals surface area contributed by atoms with E-state index >= 15 is 0 Å². The fourth-order valence-electron chi connectivity index (χ4n) is 2.47. The van der Waals surface area contributed by atoms with Crippen LogP contribution in [0.25, 0.3) is 0 Å². The molecule has 4 nitrogen and oxygen atoms in total. The van der Waals surface area contributed by atoms with E-state index in [2.05, 4.69) is 11.4 Å². The zero-order valence-corrected chi connectivity index (χ0v) is 11.7. The van der Waals surface area contributed by atoms with Gasteiger partial charge in [0.25, 0.3) is 0 Å². The van der Waals surface area contributed by atoms with Gasteiger partial charge in [-0.2, -0.15) is 0 Å². The van der Waals surface area contributed by atoms with Crippen LogP contribution in [0.15, 0.2) is 24.3 Å². The lowest BCUT2D eigenvalue weighted by Gasteiger charge is -2.31. The van der Waals surface area contributed by atoms with Crippen molar-refractivity contribution in [1.82, 2.24) is 4.90 Å². The maximum absolute atomic E-state index is 12.5. The van der Waals surface area contributed by atoms with Crippen molar-refractivity contribution < 1.29 is 9.53 Å². The predicted octanol–water partition coefficient (Wildman–Crippen LogP) is 1.91. The minimum Gasteiger partial charge on any atom is -0.383 e. The van der Waals surface area contributed by atoms with Crippen molar-refractivity contribution in [3.05, 3.63) is 29.8 Å². The Hall–Kier alpha value is -1.55. The van der Waals surface area contributed by atoms with E-state index in [1.807, 2.05) is 30.0 Å². The lowest BCUT2D eigenvalue weighted by molar-refractivity contribution is -0.132. The van der Waals surface area contributed by atoms with E-state index in [1.54, 1.807) is 7.11 Å². The number of nitrogens with zero attached hydrogens (tertiary/aromatic N) is 1. The monoisotopic (exact) mass is 262 g/mol. The Labute approximate surface area is 114 Å². The summed E-state index contributed by atoms with van der Waals surface area (Å²) >= 11 is 0. The number of fused-ring (bicyclic) bond motifs is 1. The molecule has 1 amide bonds. The van der Waals surface area contributed by atoms with Crippen molar-refractivity contribution in [3.8, 4) is 0 Å². The van der Waals surface area contributed by atoms with Gasteiger partial charge in [0.05, 0.1) is 6.61 Å². The Morgan fingerprint density at radius 3 is 3.00 bits per heavy atom. The molecule has 0 aromatic heterocycles. The summed E-state index contributed by atoms with van der Waals surface area (Å²) in [6.45, 7) is 3.97. The Balaban J connectivity index is 2.01. The molecule has 1 heterocycles. The SMILES string of the molecule is CCN(CCOC)C(=O)C1CCc2ccccc2N1. The van der Waals surface area contributed by atoms with Gasteiger partial charge < -0.3 is 15.0 Å². The van der Waals surface area contributed by atoms with Gasteiger partial charge in [-0.15, -0.1) is 0 Å². The first-order chi connectivity index (χ1) is 9.26. The van der Waals surface area contributed by atoms with E-state index in [-0.39, 0.29) is 11.9 Å². The molecule has 1 aliphatic heterocycles. The molecule has 0 aliphatic carbocycles. The van der Waals surface area contributed by atoms with Crippen LogP contribution in [0.3, 0.4) is 0 Å². The number of methoxy groups -OCH3 is 1. The van der Waals surface area contributed by atoms with Crippen LogP contribution in [-0.4, -0.2) is 43.7 Å². The average molecular weight is 262 g/mol. The number of aryl methyl sites for hydroxylation is 1. The third-order valence-electron chi connectivity index (χ3n) is 3.61. The highest BCUT2D eigenvalue weighted by molar-refractivity contribution is 5.85. The first-order valence-corrected chi connectivity index (χ1v) is 6.88. The number of para-hydroxylation sites is 1.